The number of ketones is 1. The van der Waals surface area contributed by atoms with Gasteiger partial charge in [0.05, 0.1) is 25.3 Å². The van der Waals surface area contributed by atoms with Gasteiger partial charge in [0.1, 0.15) is 11.8 Å². The Morgan fingerprint density at radius 1 is 0.939 bits per heavy atom. The second-order valence-electron chi connectivity index (χ2n) is 8.29. The molecule has 33 heavy (non-hydrogen) atoms. The van der Waals surface area contributed by atoms with Crippen molar-refractivity contribution in [3.8, 4) is 17.9 Å². The standard InChI is InChI=1S/C28H21N3O2/c1-33-22-14-11-20(12-15-22)25-26(27(32)21-8-3-2-4-9-21)31-23-10-6-5-7-19(23)13-16-24(31)28(25,17-29)18-30/h2-16,24-26H,1H3/t24-,25-,26+/m1/s1. The van der Waals surface area contributed by atoms with Gasteiger partial charge in [0.2, 0.25) is 0 Å². The van der Waals surface area contributed by atoms with E-state index in [1.165, 1.54) is 0 Å². The highest BCUT2D eigenvalue weighted by molar-refractivity contribution is 6.04. The Labute approximate surface area is 192 Å². The van der Waals surface area contributed by atoms with Crippen LogP contribution in [0.15, 0.2) is 84.9 Å². The zero-order valence-corrected chi connectivity index (χ0v) is 18.1. The number of methoxy groups -OCH3 is 1. The molecule has 0 radical (unpaired) electrons. The van der Waals surface area contributed by atoms with Crippen molar-refractivity contribution in [2.75, 3.05) is 12.0 Å². The van der Waals surface area contributed by atoms with Crippen molar-refractivity contribution < 1.29 is 9.53 Å². The maximum absolute atomic E-state index is 14.0. The summed E-state index contributed by atoms with van der Waals surface area (Å²) in [5.74, 6) is -0.101. The predicted octanol–water partition coefficient (Wildman–Crippen LogP) is 4.98. The van der Waals surface area contributed by atoms with E-state index < -0.39 is 23.4 Å². The molecule has 0 aromatic heterocycles. The maximum atomic E-state index is 14.0. The lowest BCUT2D eigenvalue weighted by Gasteiger charge is -2.35. The molecule has 0 amide bonds. The fourth-order valence-corrected chi connectivity index (χ4v) is 5.19. The van der Waals surface area contributed by atoms with Gasteiger partial charge < -0.3 is 9.64 Å². The van der Waals surface area contributed by atoms with Gasteiger partial charge in [0.25, 0.3) is 0 Å². The van der Waals surface area contributed by atoms with Crippen molar-refractivity contribution in [3.63, 3.8) is 0 Å². The number of Topliss-reactive ketones (excluding diaryl/α,β-unsaturated/α-hetero) is 1. The van der Waals surface area contributed by atoms with Gasteiger partial charge in [-0.15, -0.1) is 0 Å². The predicted molar refractivity (Wildman–Crippen MR) is 126 cm³/mol. The van der Waals surface area contributed by atoms with Gasteiger partial charge in [0.15, 0.2) is 11.2 Å². The lowest BCUT2D eigenvalue weighted by Crippen LogP contribution is -2.44. The topological polar surface area (TPSA) is 77.1 Å². The summed E-state index contributed by atoms with van der Waals surface area (Å²) in [6.07, 6.45) is 3.84. The van der Waals surface area contributed by atoms with Gasteiger partial charge in [-0.1, -0.05) is 72.8 Å². The van der Waals surface area contributed by atoms with Crippen molar-refractivity contribution in [1.29, 1.82) is 10.5 Å². The molecule has 3 aromatic carbocycles. The zero-order chi connectivity index (χ0) is 23.0. The van der Waals surface area contributed by atoms with Crippen LogP contribution in [-0.2, 0) is 0 Å². The van der Waals surface area contributed by atoms with E-state index >= 15 is 0 Å². The number of carbonyl (C=O) groups excluding carboxylic acids is 1. The molecule has 1 fully saturated rings. The normalized spacial score (nSPS) is 21.9. The number of hydrogen-bond donors (Lipinski definition) is 0. The molecule has 1 saturated heterocycles. The van der Waals surface area contributed by atoms with Crippen LogP contribution in [0.3, 0.4) is 0 Å². The second-order valence-corrected chi connectivity index (χ2v) is 8.29. The minimum absolute atomic E-state index is 0.112. The van der Waals surface area contributed by atoms with E-state index in [0.717, 1.165) is 16.8 Å². The van der Waals surface area contributed by atoms with Crippen molar-refractivity contribution in [2.24, 2.45) is 5.41 Å². The van der Waals surface area contributed by atoms with Crippen LogP contribution in [0, 0.1) is 28.1 Å². The molecular formula is C28H21N3O2. The number of ether oxygens (including phenoxy) is 1. The molecule has 2 aliphatic heterocycles. The van der Waals surface area contributed by atoms with Crippen LogP contribution in [0.1, 0.15) is 27.4 Å². The van der Waals surface area contributed by atoms with Crippen LogP contribution in [0.25, 0.3) is 6.08 Å². The molecular weight excluding hydrogens is 410 g/mol. The first kappa shape index (κ1) is 20.5. The van der Waals surface area contributed by atoms with Gasteiger partial charge >= 0.3 is 0 Å². The van der Waals surface area contributed by atoms with Gasteiger partial charge in [-0.2, -0.15) is 10.5 Å². The van der Waals surface area contributed by atoms with E-state index in [9.17, 15) is 15.3 Å². The average molecular weight is 431 g/mol. The van der Waals surface area contributed by atoms with Gasteiger partial charge in [-0.05, 0) is 29.3 Å². The fourth-order valence-electron chi connectivity index (χ4n) is 5.19. The Bertz CT molecular complexity index is 1300. The first-order chi connectivity index (χ1) is 16.1. The van der Waals surface area contributed by atoms with Crippen LogP contribution >= 0.6 is 0 Å². The first-order valence-electron chi connectivity index (χ1n) is 10.8. The molecule has 5 nitrogen and oxygen atoms in total. The summed E-state index contributed by atoms with van der Waals surface area (Å²) >= 11 is 0. The van der Waals surface area contributed by atoms with Gasteiger partial charge in [-0.25, -0.2) is 0 Å². The number of carbonyl (C=O) groups is 1. The summed E-state index contributed by atoms with van der Waals surface area (Å²) in [7, 11) is 1.59. The molecule has 0 aliphatic carbocycles. The summed E-state index contributed by atoms with van der Waals surface area (Å²) in [5.41, 5.74) is 1.67. The highest BCUT2D eigenvalue weighted by Gasteiger charge is 2.63. The largest absolute Gasteiger partial charge is 0.497 e. The Balaban J connectivity index is 1.77. The molecule has 3 atom stereocenters. The molecule has 160 valence electrons. The summed E-state index contributed by atoms with van der Waals surface area (Å²) < 4.78 is 5.30. The lowest BCUT2D eigenvalue weighted by atomic mass is 9.69. The van der Waals surface area contributed by atoms with E-state index in [1.807, 2.05) is 71.6 Å². The number of fused-ring (bicyclic) bond motifs is 3. The van der Waals surface area contributed by atoms with Crippen LogP contribution in [0.5, 0.6) is 5.75 Å². The fraction of sp³-hybridized carbons (Fsp3) is 0.179. The molecule has 0 spiro atoms. The highest BCUT2D eigenvalue weighted by Crippen LogP contribution is 2.55. The van der Waals surface area contributed by atoms with Crippen LogP contribution in [-0.4, -0.2) is 25.0 Å². The van der Waals surface area contributed by atoms with Gasteiger partial charge in [-0.3, -0.25) is 4.79 Å². The summed E-state index contributed by atoms with van der Waals surface area (Å²) in [4.78, 5) is 16.0. The molecule has 5 heteroatoms. The smallest absolute Gasteiger partial charge is 0.185 e. The van der Waals surface area contributed by atoms with Crippen LogP contribution < -0.4 is 9.64 Å². The van der Waals surface area contributed by atoms with E-state index in [-0.39, 0.29) is 5.78 Å². The van der Waals surface area contributed by atoms with Crippen molar-refractivity contribution in [1.82, 2.24) is 0 Å². The minimum atomic E-state index is -1.45. The summed E-state index contributed by atoms with van der Waals surface area (Å²) in [5, 5.41) is 20.9. The Kier molecular flexibility index (Phi) is 4.96. The van der Waals surface area contributed by atoms with E-state index in [4.69, 9.17) is 4.74 Å². The average Bonchev–Trinajstić information content (AvgIpc) is 3.19. The number of rotatable bonds is 4. The first-order valence-corrected chi connectivity index (χ1v) is 10.8. The molecule has 0 N–H and O–H groups in total. The maximum Gasteiger partial charge on any atom is 0.185 e. The number of para-hydroxylation sites is 1. The molecule has 0 unspecified atom stereocenters. The third-order valence-electron chi connectivity index (χ3n) is 6.72. The minimum Gasteiger partial charge on any atom is -0.497 e. The molecule has 2 aliphatic rings. The second kappa shape index (κ2) is 7.97. The lowest BCUT2D eigenvalue weighted by molar-refractivity contribution is 0.0951. The van der Waals surface area contributed by atoms with Crippen LogP contribution in [0.2, 0.25) is 0 Å². The Morgan fingerprint density at radius 3 is 2.27 bits per heavy atom. The molecule has 0 bridgehead atoms. The summed E-state index contributed by atoms with van der Waals surface area (Å²) in [6.45, 7) is 0. The number of nitriles is 2. The van der Waals surface area contributed by atoms with Gasteiger partial charge in [0, 0.05) is 17.2 Å². The number of anilines is 1. The van der Waals surface area contributed by atoms with Crippen molar-refractivity contribution in [3.05, 3.63) is 102 Å². The summed E-state index contributed by atoms with van der Waals surface area (Å²) in [6, 6.07) is 27.6. The highest BCUT2D eigenvalue weighted by atomic mass is 16.5. The van der Waals surface area contributed by atoms with E-state index in [0.29, 0.717) is 11.3 Å². The number of nitrogens with zero attached hydrogens (tertiary/aromatic N) is 3. The Hall–Kier alpha value is -4.35. The molecule has 0 saturated carbocycles. The molecule has 2 heterocycles. The number of benzene rings is 3. The third-order valence-corrected chi connectivity index (χ3v) is 6.72. The molecule has 3 aromatic rings. The van der Waals surface area contributed by atoms with E-state index in [2.05, 4.69) is 12.1 Å². The SMILES string of the molecule is COc1ccc([C@@H]2[C@@H](C(=O)c3ccccc3)N3c4ccccc4C=C[C@@H]3C2(C#N)C#N)cc1. The van der Waals surface area contributed by atoms with E-state index in [1.54, 1.807) is 31.4 Å². The third kappa shape index (κ3) is 3.02. The Morgan fingerprint density at radius 2 is 1.61 bits per heavy atom. The van der Waals surface area contributed by atoms with Crippen LogP contribution in [0.4, 0.5) is 5.69 Å². The zero-order valence-electron chi connectivity index (χ0n) is 18.1. The quantitative estimate of drug-likeness (QED) is 0.545. The molecule has 5 rings (SSSR count). The number of hydrogen-bond acceptors (Lipinski definition) is 5. The van der Waals surface area contributed by atoms with Crippen molar-refractivity contribution >= 4 is 17.5 Å². The van der Waals surface area contributed by atoms with Crippen molar-refractivity contribution in [2.45, 2.75) is 18.0 Å². The monoisotopic (exact) mass is 431 g/mol.